The molecule has 62 valence electrons. The van der Waals surface area contributed by atoms with Crippen LogP contribution in [-0.2, 0) is 0 Å². The third-order valence-electron chi connectivity index (χ3n) is 2.07. The molecule has 0 N–H and O–H groups in total. The van der Waals surface area contributed by atoms with Crippen LogP contribution in [0.5, 0.6) is 0 Å². The Labute approximate surface area is 74.1 Å². The molecular formula is C11H13N. The van der Waals surface area contributed by atoms with Crippen LogP contribution in [0.25, 0.3) is 0 Å². The van der Waals surface area contributed by atoms with Crippen LogP contribution in [0.15, 0.2) is 36.2 Å². The van der Waals surface area contributed by atoms with Gasteiger partial charge in [0.1, 0.15) is 0 Å². The van der Waals surface area contributed by atoms with Gasteiger partial charge in [0, 0.05) is 17.9 Å². The maximum absolute atomic E-state index is 4.00. The first-order chi connectivity index (χ1) is 5.88. The summed E-state index contributed by atoms with van der Waals surface area (Å²) in [5.41, 5.74) is 1.36. The van der Waals surface area contributed by atoms with E-state index in [0.717, 1.165) is 0 Å². The summed E-state index contributed by atoms with van der Waals surface area (Å²) in [6.45, 7) is 2.24. The molecule has 0 bridgehead atoms. The van der Waals surface area contributed by atoms with Gasteiger partial charge in [-0.25, -0.2) is 0 Å². The maximum Gasteiger partial charge on any atom is 0.0368 e. The molecule has 2 aliphatic rings. The van der Waals surface area contributed by atoms with Gasteiger partial charge < -0.3 is 4.90 Å². The van der Waals surface area contributed by atoms with Gasteiger partial charge in [-0.1, -0.05) is 12.2 Å². The van der Waals surface area contributed by atoms with Gasteiger partial charge in [-0.3, -0.25) is 0 Å². The fraction of sp³-hybridized carbons (Fsp3) is 0.273. The van der Waals surface area contributed by atoms with Crippen LogP contribution < -0.4 is 0 Å². The maximum atomic E-state index is 4.00. The molecule has 1 unspecified atom stereocenters. The summed E-state index contributed by atoms with van der Waals surface area (Å²) in [7, 11) is 0. The van der Waals surface area contributed by atoms with Gasteiger partial charge in [0.2, 0.25) is 0 Å². The van der Waals surface area contributed by atoms with E-state index in [1.165, 1.54) is 12.1 Å². The number of allylic oxidation sites excluding steroid dienone is 3. The van der Waals surface area contributed by atoms with Gasteiger partial charge in [0.15, 0.2) is 0 Å². The van der Waals surface area contributed by atoms with E-state index in [0.29, 0.717) is 6.04 Å². The lowest BCUT2D eigenvalue weighted by molar-refractivity contribution is 0.403. The average molecular weight is 159 g/mol. The van der Waals surface area contributed by atoms with Crippen LogP contribution in [-0.4, -0.2) is 10.9 Å². The zero-order valence-corrected chi connectivity index (χ0v) is 7.27. The van der Waals surface area contributed by atoms with Crippen molar-refractivity contribution in [1.29, 1.82) is 0 Å². The second-order valence-electron chi connectivity index (χ2n) is 2.82. The third kappa shape index (κ3) is 1.43. The molecule has 0 radical (unpaired) electrons. The highest BCUT2D eigenvalue weighted by Gasteiger charge is 2.18. The van der Waals surface area contributed by atoms with Crippen molar-refractivity contribution < 1.29 is 0 Å². The topological polar surface area (TPSA) is 3.24 Å². The molecule has 1 atom stereocenters. The standard InChI is InChI=1S/C9H11N.C2H2/c1-8-5-6-9-4-2-3-7-10(8)9;1-2/h2-4,6-8H,5H2,1H3;1-2H. The van der Waals surface area contributed by atoms with Crippen LogP contribution >= 0.6 is 0 Å². The fourth-order valence-corrected chi connectivity index (χ4v) is 1.45. The van der Waals surface area contributed by atoms with E-state index in [-0.39, 0.29) is 0 Å². The first-order valence-corrected chi connectivity index (χ1v) is 4.04. The van der Waals surface area contributed by atoms with E-state index >= 15 is 0 Å². The zero-order valence-electron chi connectivity index (χ0n) is 7.27. The minimum Gasteiger partial charge on any atom is -0.345 e. The normalized spacial score (nSPS) is 24.1. The van der Waals surface area contributed by atoms with Crippen molar-refractivity contribution in [3.05, 3.63) is 36.2 Å². The molecule has 0 aromatic carbocycles. The molecule has 2 heterocycles. The molecule has 1 nitrogen and oxygen atoms in total. The van der Waals surface area contributed by atoms with Crippen molar-refractivity contribution >= 4 is 0 Å². The van der Waals surface area contributed by atoms with Crippen LogP contribution in [0.1, 0.15) is 13.3 Å². The smallest absolute Gasteiger partial charge is 0.0368 e. The van der Waals surface area contributed by atoms with E-state index in [1.54, 1.807) is 0 Å². The lowest BCUT2D eigenvalue weighted by atomic mass is 10.3. The van der Waals surface area contributed by atoms with Crippen LogP contribution in [0.4, 0.5) is 0 Å². The Morgan fingerprint density at radius 2 is 2.17 bits per heavy atom. The highest BCUT2D eigenvalue weighted by atomic mass is 15.2. The molecule has 0 aliphatic carbocycles. The molecule has 2 aliphatic heterocycles. The molecule has 2 rings (SSSR count). The second kappa shape index (κ2) is 3.82. The molecule has 0 fully saturated rings. The minimum atomic E-state index is 0.663. The molecule has 0 aromatic heterocycles. The summed E-state index contributed by atoms with van der Waals surface area (Å²) in [5, 5.41) is 0. The highest BCUT2D eigenvalue weighted by Crippen LogP contribution is 2.24. The van der Waals surface area contributed by atoms with Crippen molar-refractivity contribution in [2.45, 2.75) is 19.4 Å². The molecule has 0 saturated carbocycles. The summed E-state index contributed by atoms with van der Waals surface area (Å²) in [5.74, 6) is 0. The van der Waals surface area contributed by atoms with Gasteiger partial charge in [0.05, 0.1) is 0 Å². The van der Waals surface area contributed by atoms with Crippen LogP contribution in [0.3, 0.4) is 0 Å². The Balaban J connectivity index is 0.000000336. The van der Waals surface area contributed by atoms with Crippen molar-refractivity contribution in [3.8, 4) is 12.8 Å². The monoisotopic (exact) mass is 159 g/mol. The summed E-state index contributed by atoms with van der Waals surface area (Å²) >= 11 is 0. The number of hydrogen-bond donors (Lipinski definition) is 0. The SMILES string of the molecule is C#C.CC1CC=C2C=CC=CN21. The first kappa shape index (κ1) is 8.67. The van der Waals surface area contributed by atoms with E-state index in [4.69, 9.17) is 0 Å². The Morgan fingerprint density at radius 3 is 2.83 bits per heavy atom. The third-order valence-corrected chi connectivity index (χ3v) is 2.07. The molecule has 12 heavy (non-hydrogen) atoms. The zero-order chi connectivity index (χ0) is 8.97. The van der Waals surface area contributed by atoms with E-state index in [1.807, 2.05) is 0 Å². The predicted octanol–water partition coefficient (Wildman–Crippen LogP) is 2.30. The quantitative estimate of drug-likeness (QED) is 0.490. The molecule has 0 saturated heterocycles. The average Bonchev–Trinajstić information content (AvgIpc) is 2.53. The van der Waals surface area contributed by atoms with E-state index in [2.05, 4.69) is 55.2 Å². The Hall–Kier alpha value is -1.42. The summed E-state index contributed by atoms with van der Waals surface area (Å²) in [6.07, 6.45) is 19.9. The van der Waals surface area contributed by atoms with Gasteiger partial charge in [-0.2, -0.15) is 0 Å². The lowest BCUT2D eigenvalue weighted by Crippen LogP contribution is -2.21. The van der Waals surface area contributed by atoms with Crippen LogP contribution in [0.2, 0.25) is 0 Å². The molecule has 0 amide bonds. The lowest BCUT2D eigenvalue weighted by Gasteiger charge is -2.23. The summed E-state index contributed by atoms with van der Waals surface area (Å²) in [4.78, 5) is 2.31. The first-order valence-electron chi connectivity index (χ1n) is 4.04. The van der Waals surface area contributed by atoms with Gasteiger partial charge in [-0.15, -0.1) is 12.8 Å². The number of rotatable bonds is 0. The van der Waals surface area contributed by atoms with Crippen molar-refractivity contribution in [1.82, 2.24) is 4.90 Å². The fourth-order valence-electron chi connectivity index (χ4n) is 1.45. The number of nitrogens with zero attached hydrogens (tertiary/aromatic N) is 1. The number of hydrogen-bond acceptors (Lipinski definition) is 1. The van der Waals surface area contributed by atoms with Crippen LogP contribution in [0, 0.1) is 12.8 Å². The predicted molar refractivity (Wildman–Crippen MR) is 52.2 cm³/mol. The van der Waals surface area contributed by atoms with Gasteiger partial charge >= 0.3 is 0 Å². The molecular weight excluding hydrogens is 146 g/mol. The van der Waals surface area contributed by atoms with E-state index in [9.17, 15) is 0 Å². The van der Waals surface area contributed by atoms with Gasteiger partial charge in [-0.05, 0) is 25.5 Å². The van der Waals surface area contributed by atoms with Crippen molar-refractivity contribution in [3.63, 3.8) is 0 Å². The molecule has 1 heteroatoms. The van der Waals surface area contributed by atoms with E-state index < -0.39 is 0 Å². The summed E-state index contributed by atoms with van der Waals surface area (Å²) in [6, 6.07) is 0.663. The highest BCUT2D eigenvalue weighted by molar-refractivity contribution is 5.31. The number of fused-ring (bicyclic) bond motifs is 1. The largest absolute Gasteiger partial charge is 0.345 e. The Kier molecular flexibility index (Phi) is 2.76. The second-order valence-corrected chi connectivity index (χ2v) is 2.82. The molecule has 0 aromatic rings. The Bertz CT molecular complexity index is 255. The van der Waals surface area contributed by atoms with Crippen molar-refractivity contribution in [2.24, 2.45) is 0 Å². The van der Waals surface area contributed by atoms with Gasteiger partial charge in [0.25, 0.3) is 0 Å². The summed E-state index contributed by atoms with van der Waals surface area (Å²) < 4.78 is 0. The minimum absolute atomic E-state index is 0.663. The number of terminal acetylenes is 1. The van der Waals surface area contributed by atoms with Crippen molar-refractivity contribution in [2.75, 3.05) is 0 Å². The molecule has 0 spiro atoms. The Morgan fingerprint density at radius 1 is 1.42 bits per heavy atom.